The third-order valence-corrected chi connectivity index (χ3v) is 3.87. The van der Waals surface area contributed by atoms with E-state index in [1.165, 1.54) is 0 Å². The van der Waals surface area contributed by atoms with Gasteiger partial charge < -0.3 is 15.5 Å². The van der Waals surface area contributed by atoms with Gasteiger partial charge in [-0.1, -0.05) is 6.92 Å². The van der Waals surface area contributed by atoms with Crippen molar-refractivity contribution in [2.75, 3.05) is 40.3 Å². The van der Waals surface area contributed by atoms with Crippen LogP contribution in [0.15, 0.2) is 0 Å². The predicted molar refractivity (Wildman–Crippen MR) is 84.1 cm³/mol. The lowest BCUT2D eigenvalue weighted by Gasteiger charge is -2.33. The number of nitrogens with zero attached hydrogens (tertiary/aromatic N) is 2. The first-order valence-corrected chi connectivity index (χ1v) is 7.90. The molecular weight excluding hydrogens is 268 g/mol. The quantitative estimate of drug-likeness (QED) is 0.697. The standard InChI is InChI=1S/C15H30N4O2/c1-5-8-16-15(21)12(2)17-13-6-9-19(10-7-13)11-14(20)18(3)4/h12-13,17H,5-11H2,1-4H3,(H,16,21). The second-order valence-corrected chi connectivity index (χ2v) is 6.02. The zero-order chi connectivity index (χ0) is 15.8. The number of hydrogen-bond acceptors (Lipinski definition) is 4. The molecule has 0 aromatic rings. The molecule has 1 aliphatic rings. The largest absolute Gasteiger partial charge is 0.355 e. The van der Waals surface area contributed by atoms with E-state index in [4.69, 9.17) is 0 Å². The molecule has 122 valence electrons. The lowest BCUT2D eigenvalue weighted by Crippen LogP contribution is -2.51. The molecule has 2 N–H and O–H groups in total. The molecule has 0 aliphatic carbocycles. The van der Waals surface area contributed by atoms with E-state index in [9.17, 15) is 9.59 Å². The van der Waals surface area contributed by atoms with Crippen molar-refractivity contribution in [1.29, 1.82) is 0 Å². The minimum absolute atomic E-state index is 0.0714. The number of amides is 2. The number of hydrogen-bond donors (Lipinski definition) is 2. The van der Waals surface area contributed by atoms with Gasteiger partial charge in [0.2, 0.25) is 11.8 Å². The summed E-state index contributed by atoms with van der Waals surface area (Å²) in [6.45, 7) is 6.99. The minimum Gasteiger partial charge on any atom is -0.355 e. The molecule has 1 atom stereocenters. The van der Waals surface area contributed by atoms with Crippen LogP contribution in [0.3, 0.4) is 0 Å². The van der Waals surface area contributed by atoms with Gasteiger partial charge in [0.1, 0.15) is 0 Å². The first-order chi connectivity index (χ1) is 9.93. The zero-order valence-electron chi connectivity index (χ0n) is 13.8. The number of carbonyl (C=O) groups is 2. The molecule has 0 aromatic carbocycles. The van der Waals surface area contributed by atoms with E-state index in [1.807, 2.05) is 13.8 Å². The SMILES string of the molecule is CCCNC(=O)C(C)NC1CCN(CC(=O)N(C)C)CC1. The van der Waals surface area contributed by atoms with Crippen molar-refractivity contribution in [2.24, 2.45) is 0 Å². The summed E-state index contributed by atoms with van der Waals surface area (Å²) in [5.74, 6) is 0.218. The lowest BCUT2D eigenvalue weighted by molar-refractivity contribution is -0.130. The molecule has 1 fully saturated rings. The van der Waals surface area contributed by atoms with Crippen LogP contribution in [0.5, 0.6) is 0 Å². The molecule has 1 unspecified atom stereocenters. The van der Waals surface area contributed by atoms with Crippen LogP contribution in [-0.4, -0.2) is 74.0 Å². The summed E-state index contributed by atoms with van der Waals surface area (Å²) < 4.78 is 0. The van der Waals surface area contributed by atoms with Gasteiger partial charge in [0.05, 0.1) is 12.6 Å². The Morgan fingerprint density at radius 1 is 1.29 bits per heavy atom. The van der Waals surface area contributed by atoms with Gasteiger partial charge >= 0.3 is 0 Å². The van der Waals surface area contributed by atoms with Crippen molar-refractivity contribution in [1.82, 2.24) is 20.4 Å². The molecule has 1 aliphatic heterocycles. The summed E-state index contributed by atoms with van der Waals surface area (Å²) in [6.07, 6.45) is 2.91. The van der Waals surface area contributed by atoms with Gasteiger partial charge in [-0.05, 0) is 26.2 Å². The van der Waals surface area contributed by atoms with Gasteiger partial charge in [0.25, 0.3) is 0 Å². The maximum absolute atomic E-state index is 11.8. The van der Waals surface area contributed by atoms with Crippen molar-refractivity contribution in [3.8, 4) is 0 Å². The Morgan fingerprint density at radius 2 is 1.90 bits per heavy atom. The molecule has 2 amide bonds. The van der Waals surface area contributed by atoms with Crippen LogP contribution in [0.4, 0.5) is 0 Å². The summed E-state index contributed by atoms with van der Waals surface area (Å²) in [4.78, 5) is 27.3. The van der Waals surface area contributed by atoms with Crippen molar-refractivity contribution in [3.63, 3.8) is 0 Å². The van der Waals surface area contributed by atoms with E-state index in [0.29, 0.717) is 12.6 Å². The third kappa shape index (κ3) is 6.44. The zero-order valence-corrected chi connectivity index (χ0v) is 13.8. The highest BCUT2D eigenvalue weighted by Crippen LogP contribution is 2.11. The molecule has 0 spiro atoms. The number of likely N-dealkylation sites (tertiary alicyclic amines) is 1. The van der Waals surface area contributed by atoms with Crippen LogP contribution in [0.25, 0.3) is 0 Å². The highest BCUT2D eigenvalue weighted by molar-refractivity contribution is 5.81. The molecule has 1 saturated heterocycles. The van der Waals surface area contributed by atoms with E-state index in [1.54, 1.807) is 19.0 Å². The fourth-order valence-electron chi connectivity index (χ4n) is 2.42. The maximum atomic E-state index is 11.8. The van der Waals surface area contributed by atoms with Gasteiger partial charge in [-0.2, -0.15) is 0 Å². The Hall–Kier alpha value is -1.14. The van der Waals surface area contributed by atoms with Crippen LogP contribution in [0.1, 0.15) is 33.1 Å². The topological polar surface area (TPSA) is 64.7 Å². The van der Waals surface area contributed by atoms with Crippen molar-refractivity contribution in [2.45, 2.75) is 45.2 Å². The number of nitrogens with one attached hydrogen (secondary N) is 2. The summed E-state index contributed by atoms with van der Waals surface area (Å²) >= 11 is 0. The van der Waals surface area contributed by atoms with Crippen LogP contribution in [-0.2, 0) is 9.59 Å². The van der Waals surface area contributed by atoms with E-state index in [0.717, 1.165) is 38.9 Å². The Bertz CT molecular complexity index is 339. The van der Waals surface area contributed by atoms with E-state index in [2.05, 4.69) is 15.5 Å². The van der Waals surface area contributed by atoms with Gasteiger partial charge in [-0.3, -0.25) is 14.5 Å². The predicted octanol–water partition coefficient (Wildman–Crippen LogP) is 0.0433. The average molecular weight is 298 g/mol. The summed E-state index contributed by atoms with van der Waals surface area (Å²) in [7, 11) is 3.57. The third-order valence-electron chi connectivity index (χ3n) is 3.87. The minimum atomic E-state index is -0.156. The summed E-state index contributed by atoms with van der Waals surface area (Å²) in [6, 6.07) is 0.203. The second-order valence-electron chi connectivity index (χ2n) is 6.02. The van der Waals surface area contributed by atoms with Crippen molar-refractivity contribution < 1.29 is 9.59 Å². The van der Waals surface area contributed by atoms with E-state index >= 15 is 0 Å². The monoisotopic (exact) mass is 298 g/mol. The van der Waals surface area contributed by atoms with Crippen LogP contribution in [0, 0.1) is 0 Å². The molecule has 0 radical (unpaired) electrons. The molecule has 0 saturated carbocycles. The summed E-state index contributed by atoms with van der Waals surface area (Å²) in [5.41, 5.74) is 0. The fourth-order valence-corrected chi connectivity index (χ4v) is 2.42. The molecule has 1 rings (SSSR count). The smallest absolute Gasteiger partial charge is 0.236 e. The molecule has 6 heteroatoms. The lowest BCUT2D eigenvalue weighted by atomic mass is 10.0. The number of carbonyl (C=O) groups excluding carboxylic acids is 2. The maximum Gasteiger partial charge on any atom is 0.236 e. The van der Waals surface area contributed by atoms with Crippen molar-refractivity contribution >= 4 is 11.8 Å². The Morgan fingerprint density at radius 3 is 2.43 bits per heavy atom. The van der Waals surface area contributed by atoms with Crippen LogP contribution in [0.2, 0.25) is 0 Å². The Kier molecular flexibility index (Phi) is 7.67. The Labute approximate surface area is 128 Å². The molecule has 0 aromatic heterocycles. The highest BCUT2D eigenvalue weighted by atomic mass is 16.2. The number of piperidine rings is 1. The summed E-state index contributed by atoms with van der Waals surface area (Å²) in [5, 5.41) is 6.30. The van der Waals surface area contributed by atoms with Gasteiger partial charge in [-0.15, -0.1) is 0 Å². The molecule has 1 heterocycles. The number of likely N-dealkylation sites (N-methyl/N-ethyl adjacent to an activating group) is 1. The van der Waals surface area contributed by atoms with E-state index in [-0.39, 0.29) is 17.9 Å². The first kappa shape index (κ1) is 17.9. The molecule has 21 heavy (non-hydrogen) atoms. The highest BCUT2D eigenvalue weighted by Gasteiger charge is 2.23. The Balaban J connectivity index is 2.26. The van der Waals surface area contributed by atoms with Gasteiger partial charge in [-0.25, -0.2) is 0 Å². The molecule has 0 bridgehead atoms. The average Bonchev–Trinajstić information content (AvgIpc) is 2.46. The van der Waals surface area contributed by atoms with E-state index < -0.39 is 0 Å². The van der Waals surface area contributed by atoms with Crippen LogP contribution >= 0.6 is 0 Å². The number of rotatable bonds is 7. The molecular formula is C15H30N4O2. The second kappa shape index (κ2) is 9.00. The van der Waals surface area contributed by atoms with Crippen molar-refractivity contribution in [3.05, 3.63) is 0 Å². The van der Waals surface area contributed by atoms with Crippen LogP contribution < -0.4 is 10.6 Å². The molecule has 6 nitrogen and oxygen atoms in total. The van der Waals surface area contributed by atoms with Gasteiger partial charge in [0, 0.05) is 39.8 Å². The first-order valence-electron chi connectivity index (χ1n) is 7.90. The fraction of sp³-hybridized carbons (Fsp3) is 0.867. The van der Waals surface area contributed by atoms with Gasteiger partial charge in [0.15, 0.2) is 0 Å². The normalized spacial score (nSPS) is 18.3.